The van der Waals surface area contributed by atoms with Crippen molar-refractivity contribution in [2.75, 3.05) is 12.4 Å². The van der Waals surface area contributed by atoms with Crippen molar-refractivity contribution in [1.82, 2.24) is 0 Å². The summed E-state index contributed by atoms with van der Waals surface area (Å²) in [6.45, 7) is 0. The van der Waals surface area contributed by atoms with E-state index >= 15 is 0 Å². The van der Waals surface area contributed by atoms with Gasteiger partial charge in [0.25, 0.3) is 5.91 Å². The van der Waals surface area contributed by atoms with Gasteiger partial charge in [-0.1, -0.05) is 17.7 Å². The zero-order valence-corrected chi connectivity index (χ0v) is 12.1. The lowest BCUT2D eigenvalue weighted by atomic mass is 10.0. The first kappa shape index (κ1) is 13.5. The molecule has 2 aromatic carbocycles. The summed E-state index contributed by atoms with van der Waals surface area (Å²) >= 11 is 5.94. The van der Waals surface area contributed by atoms with Crippen molar-refractivity contribution in [2.24, 2.45) is 5.73 Å². The summed E-state index contributed by atoms with van der Waals surface area (Å²) in [5.74, 6) is 0.514. The molecule has 1 aliphatic rings. The number of nitrogens with one attached hydrogen (secondary N) is 1. The van der Waals surface area contributed by atoms with Crippen LogP contribution in [0.2, 0.25) is 5.02 Å². The Labute approximate surface area is 127 Å². The van der Waals surface area contributed by atoms with E-state index in [0.717, 1.165) is 16.9 Å². The lowest BCUT2D eigenvalue weighted by Crippen LogP contribution is -2.09. The van der Waals surface area contributed by atoms with Gasteiger partial charge in [-0.05, 0) is 42.0 Å². The number of anilines is 1. The molecule has 0 bridgehead atoms. The Morgan fingerprint density at radius 1 is 1.19 bits per heavy atom. The first-order valence-corrected chi connectivity index (χ1v) is 6.73. The average Bonchev–Trinajstić information content (AvgIpc) is 2.81. The van der Waals surface area contributed by atoms with E-state index in [9.17, 15) is 4.79 Å². The summed E-state index contributed by atoms with van der Waals surface area (Å²) in [5, 5.41) is 3.34. The number of fused-ring (bicyclic) bond motifs is 1. The number of benzene rings is 2. The van der Waals surface area contributed by atoms with Crippen LogP contribution in [0.5, 0.6) is 5.75 Å². The number of ether oxygens (including phenoxy) is 1. The molecule has 0 atom stereocenters. The lowest BCUT2D eigenvalue weighted by molar-refractivity contribution is -0.110. The zero-order chi connectivity index (χ0) is 15.0. The highest BCUT2D eigenvalue weighted by atomic mass is 35.5. The average molecular weight is 301 g/mol. The van der Waals surface area contributed by atoms with Gasteiger partial charge in [0.15, 0.2) is 0 Å². The predicted molar refractivity (Wildman–Crippen MR) is 84.1 cm³/mol. The molecule has 3 rings (SSSR count). The molecular weight excluding hydrogens is 288 g/mol. The highest BCUT2D eigenvalue weighted by Gasteiger charge is 2.27. The van der Waals surface area contributed by atoms with Gasteiger partial charge in [-0.15, -0.1) is 0 Å². The summed E-state index contributed by atoms with van der Waals surface area (Å²) in [7, 11) is 1.60. The Bertz CT molecular complexity index is 751. The van der Waals surface area contributed by atoms with E-state index in [4.69, 9.17) is 22.1 Å². The molecule has 0 saturated heterocycles. The van der Waals surface area contributed by atoms with Crippen LogP contribution in [-0.4, -0.2) is 13.0 Å². The number of hydrogen-bond acceptors (Lipinski definition) is 3. The number of rotatable bonds is 2. The van der Waals surface area contributed by atoms with E-state index in [1.807, 2.05) is 12.1 Å². The molecular formula is C16H13ClN2O2. The van der Waals surface area contributed by atoms with Crippen molar-refractivity contribution in [2.45, 2.75) is 0 Å². The quantitative estimate of drug-likeness (QED) is 0.838. The minimum Gasteiger partial charge on any atom is -0.497 e. The molecule has 1 aliphatic heterocycles. The normalized spacial score (nSPS) is 15.4. The molecule has 4 nitrogen and oxygen atoms in total. The zero-order valence-electron chi connectivity index (χ0n) is 11.3. The summed E-state index contributed by atoms with van der Waals surface area (Å²) in [5.41, 5.74) is 9.28. The van der Waals surface area contributed by atoms with Crippen LogP contribution in [0.25, 0.3) is 11.3 Å². The summed E-state index contributed by atoms with van der Waals surface area (Å²) in [6, 6.07) is 12.5. The molecule has 21 heavy (non-hydrogen) atoms. The molecule has 106 valence electrons. The molecule has 0 radical (unpaired) electrons. The van der Waals surface area contributed by atoms with Gasteiger partial charge >= 0.3 is 0 Å². The SMILES string of the molecule is COc1ccc(/C(N)=C2/C(=O)Nc3cc(Cl)ccc32)cc1. The second-order valence-electron chi connectivity index (χ2n) is 4.66. The van der Waals surface area contributed by atoms with Gasteiger partial charge in [0.2, 0.25) is 0 Å². The van der Waals surface area contributed by atoms with Gasteiger partial charge in [0.05, 0.1) is 24.1 Å². The monoisotopic (exact) mass is 300 g/mol. The van der Waals surface area contributed by atoms with E-state index in [2.05, 4.69) is 5.32 Å². The number of hydrogen-bond donors (Lipinski definition) is 2. The molecule has 3 N–H and O–H groups in total. The maximum absolute atomic E-state index is 12.2. The molecule has 0 aliphatic carbocycles. The van der Waals surface area contributed by atoms with E-state index in [-0.39, 0.29) is 5.91 Å². The molecule has 0 spiro atoms. The van der Waals surface area contributed by atoms with Crippen LogP contribution >= 0.6 is 11.6 Å². The smallest absolute Gasteiger partial charge is 0.258 e. The molecule has 0 saturated carbocycles. The first-order valence-electron chi connectivity index (χ1n) is 6.35. The van der Waals surface area contributed by atoms with Crippen molar-refractivity contribution < 1.29 is 9.53 Å². The van der Waals surface area contributed by atoms with Crippen molar-refractivity contribution in [3.63, 3.8) is 0 Å². The Balaban J connectivity index is 2.11. The van der Waals surface area contributed by atoms with Crippen LogP contribution in [-0.2, 0) is 4.79 Å². The molecule has 1 heterocycles. The molecule has 1 amide bonds. The summed E-state index contributed by atoms with van der Waals surface area (Å²) < 4.78 is 5.11. The van der Waals surface area contributed by atoms with Crippen LogP contribution in [0, 0.1) is 0 Å². The minimum absolute atomic E-state index is 0.222. The Hall–Kier alpha value is -2.46. The van der Waals surface area contributed by atoms with Gasteiger partial charge in [-0.2, -0.15) is 0 Å². The van der Waals surface area contributed by atoms with Crippen molar-refractivity contribution in [3.05, 3.63) is 58.6 Å². The largest absolute Gasteiger partial charge is 0.497 e. The van der Waals surface area contributed by atoms with Gasteiger partial charge in [-0.25, -0.2) is 0 Å². The van der Waals surface area contributed by atoms with Gasteiger partial charge < -0.3 is 15.8 Å². The third-order valence-corrected chi connectivity index (χ3v) is 3.63. The number of carbonyl (C=O) groups excluding carboxylic acids is 1. The van der Waals surface area contributed by atoms with Crippen LogP contribution in [0.1, 0.15) is 11.1 Å². The third kappa shape index (κ3) is 2.34. The summed E-state index contributed by atoms with van der Waals surface area (Å²) in [4.78, 5) is 12.2. The Kier molecular flexibility index (Phi) is 3.31. The first-order chi connectivity index (χ1) is 10.1. The predicted octanol–water partition coefficient (Wildman–Crippen LogP) is 3.13. The van der Waals surface area contributed by atoms with Crippen molar-refractivity contribution in [3.8, 4) is 5.75 Å². The second kappa shape index (κ2) is 5.14. The topological polar surface area (TPSA) is 64.3 Å². The van der Waals surface area contributed by atoms with E-state index in [0.29, 0.717) is 22.0 Å². The maximum Gasteiger partial charge on any atom is 0.258 e. The third-order valence-electron chi connectivity index (χ3n) is 3.40. The van der Waals surface area contributed by atoms with Gasteiger partial charge in [-0.3, -0.25) is 4.79 Å². The van der Waals surface area contributed by atoms with Crippen LogP contribution in [0.15, 0.2) is 42.5 Å². The van der Waals surface area contributed by atoms with Crippen LogP contribution < -0.4 is 15.8 Å². The van der Waals surface area contributed by atoms with Gasteiger partial charge in [0, 0.05) is 10.6 Å². The standard InChI is InChI=1S/C16H13ClN2O2/c1-21-11-5-2-9(3-6-11)15(18)14-12-7-4-10(17)8-13(12)19-16(14)20/h2-8H,18H2,1H3,(H,19,20)/b15-14-. The fraction of sp³-hybridized carbons (Fsp3) is 0.0625. The second-order valence-corrected chi connectivity index (χ2v) is 5.10. The molecule has 0 fully saturated rings. The molecule has 0 aromatic heterocycles. The minimum atomic E-state index is -0.222. The fourth-order valence-corrected chi connectivity index (χ4v) is 2.50. The number of carbonyl (C=O) groups is 1. The number of halogens is 1. The fourth-order valence-electron chi connectivity index (χ4n) is 2.33. The van der Waals surface area contributed by atoms with Gasteiger partial charge in [0.1, 0.15) is 5.75 Å². The Morgan fingerprint density at radius 2 is 1.90 bits per heavy atom. The number of nitrogens with two attached hydrogens (primary N) is 1. The molecule has 0 unspecified atom stereocenters. The van der Waals surface area contributed by atoms with Crippen LogP contribution in [0.3, 0.4) is 0 Å². The van der Waals surface area contributed by atoms with E-state index < -0.39 is 0 Å². The molecule has 2 aromatic rings. The van der Waals surface area contributed by atoms with Crippen LogP contribution in [0.4, 0.5) is 5.69 Å². The summed E-state index contributed by atoms with van der Waals surface area (Å²) in [6.07, 6.45) is 0. The van der Waals surface area contributed by atoms with Crippen molar-refractivity contribution >= 4 is 34.5 Å². The van der Waals surface area contributed by atoms with E-state index in [1.54, 1.807) is 37.4 Å². The highest BCUT2D eigenvalue weighted by Crippen LogP contribution is 2.36. The van der Waals surface area contributed by atoms with Crippen molar-refractivity contribution in [1.29, 1.82) is 0 Å². The number of methoxy groups -OCH3 is 1. The Morgan fingerprint density at radius 3 is 2.57 bits per heavy atom. The van der Waals surface area contributed by atoms with E-state index in [1.165, 1.54) is 0 Å². The highest BCUT2D eigenvalue weighted by molar-refractivity contribution is 6.37. The number of amides is 1. The molecule has 5 heteroatoms. The maximum atomic E-state index is 12.2. The lowest BCUT2D eigenvalue weighted by Gasteiger charge is -2.07.